The summed E-state index contributed by atoms with van der Waals surface area (Å²) in [6, 6.07) is -0.431. The minimum absolute atomic E-state index is 0.0933. The van der Waals surface area contributed by atoms with E-state index >= 15 is 0 Å². The summed E-state index contributed by atoms with van der Waals surface area (Å²) in [5.41, 5.74) is 12.0. The number of hydrogen-bond donors (Lipinski definition) is 2. The molecular formula is C11H20N4O. The first-order chi connectivity index (χ1) is 7.69. The van der Waals surface area contributed by atoms with E-state index in [2.05, 4.69) is 11.9 Å². The van der Waals surface area contributed by atoms with Crippen LogP contribution in [-0.2, 0) is 6.42 Å². The number of carbonyl (C=O) groups is 1. The molecule has 90 valence electrons. The van der Waals surface area contributed by atoms with Gasteiger partial charge in [-0.2, -0.15) is 0 Å². The smallest absolute Gasteiger partial charge is 0.248 e. The molecule has 0 unspecified atom stereocenters. The van der Waals surface area contributed by atoms with Crippen molar-refractivity contribution in [3.63, 3.8) is 0 Å². The standard InChI is InChI=1S/C11H20N4O/c1-2-3-4-10(13)11(16)15-7-9(5-6-12)14-8-15/h7-8,10H,2-6,12-13H2,1H3/t10-/m0/s1. The Balaban J connectivity index is 2.57. The summed E-state index contributed by atoms with van der Waals surface area (Å²) in [5, 5.41) is 0. The number of unbranched alkanes of at least 4 members (excludes halogenated alkanes) is 1. The van der Waals surface area contributed by atoms with Crippen LogP contribution in [0.3, 0.4) is 0 Å². The molecule has 1 aromatic heterocycles. The van der Waals surface area contributed by atoms with E-state index in [-0.39, 0.29) is 5.91 Å². The topological polar surface area (TPSA) is 86.9 Å². The van der Waals surface area contributed by atoms with Gasteiger partial charge in [0.15, 0.2) is 0 Å². The molecule has 0 amide bonds. The van der Waals surface area contributed by atoms with E-state index in [1.807, 2.05) is 0 Å². The zero-order valence-electron chi connectivity index (χ0n) is 9.72. The van der Waals surface area contributed by atoms with Crippen LogP contribution in [0.2, 0.25) is 0 Å². The van der Waals surface area contributed by atoms with E-state index in [1.54, 1.807) is 6.20 Å². The maximum absolute atomic E-state index is 11.8. The Kier molecular flexibility index (Phi) is 5.14. The molecule has 5 heteroatoms. The van der Waals surface area contributed by atoms with Gasteiger partial charge in [0, 0.05) is 12.6 Å². The summed E-state index contributed by atoms with van der Waals surface area (Å²) in [7, 11) is 0. The third-order valence-electron chi connectivity index (χ3n) is 2.48. The van der Waals surface area contributed by atoms with Crippen molar-refractivity contribution >= 4 is 5.91 Å². The van der Waals surface area contributed by atoms with Crippen molar-refractivity contribution in [3.8, 4) is 0 Å². The van der Waals surface area contributed by atoms with Gasteiger partial charge in [-0.25, -0.2) is 4.98 Å². The molecule has 16 heavy (non-hydrogen) atoms. The second-order valence-corrected chi connectivity index (χ2v) is 3.90. The van der Waals surface area contributed by atoms with Gasteiger partial charge in [0.25, 0.3) is 0 Å². The summed E-state index contributed by atoms with van der Waals surface area (Å²) in [6.07, 6.45) is 6.64. The molecule has 0 saturated carbocycles. The highest BCUT2D eigenvalue weighted by atomic mass is 16.2. The summed E-state index contributed by atoms with van der Waals surface area (Å²) in [6.45, 7) is 2.61. The molecule has 1 rings (SSSR count). The number of rotatable bonds is 6. The van der Waals surface area contributed by atoms with Gasteiger partial charge in [-0.15, -0.1) is 0 Å². The van der Waals surface area contributed by atoms with Crippen LogP contribution in [0.4, 0.5) is 0 Å². The molecule has 0 bridgehead atoms. The molecule has 1 heterocycles. The molecule has 1 aromatic rings. The first kappa shape index (κ1) is 12.9. The fourth-order valence-corrected chi connectivity index (χ4v) is 1.50. The SMILES string of the molecule is CCCC[C@H](N)C(=O)n1cnc(CCN)c1. The van der Waals surface area contributed by atoms with Crippen LogP contribution >= 0.6 is 0 Å². The first-order valence-corrected chi connectivity index (χ1v) is 5.71. The predicted octanol–water partition coefficient (Wildman–Crippen LogP) is 0.542. The summed E-state index contributed by atoms with van der Waals surface area (Å²) >= 11 is 0. The van der Waals surface area contributed by atoms with Crippen molar-refractivity contribution in [3.05, 3.63) is 18.2 Å². The van der Waals surface area contributed by atoms with Gasteiger partial charge < -0.3 is 11.5 Å². The van der Waals surface area contributed by atoms with Crippen LogP contribution in [0.1, 0.15) is 36.7 Å². The fraction of sp³-hybridized carbons (Fsp3) is 0.636. The zero-order chi connectivity index (χ0) is 12.0. The second-order valence-electron chi connectivity index (χ2n) is 3.90. The zero-order valence-corrected chi connectivity index (χ0v) is 9.72. The van der Waals surface area contributed by atoms with Crippen molar-refractivity contribution in [2.75, 3.05) is 6.54 Å². The highest BCUT2D eigenvalue weighted by Crippen LogP contribution is 2.03. The summed E-state index contributed by atoms with van der Waals surface area (Å²) < 4.78 is 1.46. The predicted molar refractivity (Wildman–Crippen MR) is 63.1 cm³/mol. The molecule has 0 aromatic carbocycles. The van der Waals surface area contributed by atoms with Crippen molar-refractivity contribution in [1.82, 2.24) is 9.55 Å². The molecule has 5 nitrogen and oxygen atoms in total. The lowest BCUT2D eigenvalue weighted by molar-refractivity contribution is 0.0873. The molecule has 0 saturated heterocycles. The maximum atomic E-state index is 11.8. The largest absolute Gasteiger partial charge is 0.330 e. The third-order valence-corrected chi connectivity index (χ3v) is 2.48. The van der Waals surface area contributed by atoms with Gasteiger partial charge in [-0.3, -0.25) is 9.36 Å². The molecule has 0 aliphatic rings. The lowest BCUT2D eigenvalue weighted by Gasteiger charge is -2.09. The van der Waals surface area contributed by atoms with E-state index in [4.69, 9.17) is 11.5 Å². The van der Waals surface area contributed by atoms with Crippen molar-refractivity contribution in [2.24, 2.45) is 11.5 Å². The Labute approximate surface area is 95.8 Å². The van der Waals surface area contributed by atoms with Crippen molar-refractivity contribution < 1.29 is 4.79 Å². The van der Waals surface area contributed by atoms with Crippen LogP contribution in [-0.4, -0.2) is 28.0 Å². The minimum atomic E-state index is -0.431. The van der Waals surface area contributed by atoms with Crippen LogP contribution in [0, 0.1) is 0 Å². The Morgan fingerprint density at radius 3 is 3.00 bits per heavy atom. The molecular weight excluding hydrogens is 204 g/mol. The monoisotopic (exact) mass is 224 g/mol. The van der Waals surface area contributed by atoms with E-state index in [1.165, 1.54) is 10.9 Å². The average Bonchev–Trinajstić information content (AvgIpc) is 2.74. The minimum Gasteiger partial charge on any atom is -0.330 e. The number of nitrogens with zero attached hydrogens (tertiary/aromatic N) is 2. The van der Waals surface area contributed by atoms with Crippen molar-refractivity contribution in [1.29, 1.82) is 0 Å². The van der Waals surface area contributed by atoms with E-state index in [0.717, 1.165) is 25.0 Å². The van der Waals surface area contributed by atoms with Crippen LogP contribution in [0.25, 0.3) is 0 Å². The Morgan fingerprint density at radius 1 is 1.62 bits per heavy atom. The van der Waals surface area contributed by atoms with E-state index in [9.17, 15) is 4.79 Å². The number of imidazole rings is 1. The van der Waals surface area contributed by atoms with Crippen LogP contribution < -0.4 is 11.5 Å². The van der Waals surface area contributed by atoms with Gasteiger partial charge >= 0.3 is 0 Å². The Hall–Kier alpha value is -1.20. The number of carbonyl (C=O) groups excluding carboxylic acids is 1. The van der Waals surface area contributed by atoms with Gasteiger partial charge in [-0.1, -0.05) is 19.8 Å². The second kappa shape index (κ2) is 6.40. The Bertz CT molecular complexity index is 334. The third kappa shape index (κ3) is 3.43. The molecule has 0 aliphatic heterocycles. The molecule has 1 atom stereocenters. The molecule has 0 spiro atoms. The fourth-order valence-electron chi connectivity index (χ4n) is 1.50. The summed E-state index contributed by atoms with van der Waals surface area (Å²) in [4.78, 5) is 15.9. The highest BCUT2D eigenvalue weighted by Gasteiger charge is 2.15. The lowest BCUT2D eigenvalue weighted by Crippen LogP contribution is -2.34. The number of hydrogen-bond acceptors (Lipinski definition) is 4. The number of aromatic nitrogens is 2. The maximum Gasteiger partial charge on any atom is 0.248 e. The molecule has 0 aliphatic carbocycles. The normalized spacial score (nSPS) is 12.7. The van der Waals surface area contributed by atoms with E-state index in [0.29, 0.717) is 13.0 Å². The lowest BCUT2D eigenvalue weighted by atomic mass is 10.1. The van der Waals surface area contributed by atoms with Gasteiger partial charge in [0.05, 0.1) is 11.7 Å². The molecule has 0 radical (unpaired) electrons. The van der Waals surface area contributed by atoms with Crippen LogP contribution in [0.15, 0.2) is 12.5 Å². The average molecular weight is 224 g/mol. The van der Waals surface area contributed by atoms with Crippen molar-refractivity contribution in [2.45, 2.75) is 38.6 Å². The summed E-state index contributed by atoms with van der Waals surface area (Å²) in [5.74, 6) is -0.0933. The number of nitrogens with two attached hydrogens (primary N) is 2. The Morgan fingerprint density at radius 2 is 2.38 bits per heavy atom. The quantitative estimate of drug-likeness (QED) is 0.738. The first-order valence-electron chi connectivity index (χ1n) is 5.71. The molecule has 0 fully saturated rings. The van der Waals surface area contributed by atoms with Gasteiger partial charge in [0.1, 0.15) is 6.33 Å². The molecule has 4 N–H and O–H groups in total. The van der Waals surface area contributed by atoms with Crippen LogP contribution in [0.5, 0.6) is 0 Å². The van der Waals surface area contributed by atoms with E-state index < -0.39 is 6.04 Å². The van der Waals surface area contributed by atoms with Gasteiger partial charge in [0.2, 0.25) is 5.91 Å². The highest BCUT2D eigenvalue weighted by molar-refractivity contribution is 5.83. The van der Waals surface area contributed by atoms with Gasteiger partial charge in [-0.05, 0) is 13.0 Å².